The molecule has 206 valence electrons. The third kappa shape index (κ3) is 5.41. The molecule has 4 heterocycles. The summed E-state index contributed by atoms with van der Waals surface area (Å²) in [5.74, 6) is -0.834. The van der Waals surface area contributed by atoms with Gasteiger partial charge in [0.1, 0.15) is 5.60 Å². The van der Waals surface area contributed by atoms with Crippen LogP contribution in [0.5, 0.6) is 0 Å². The number of hydrogen-bond acceptors (Lipinski definition) is 5. The van der Waals surface area contributed by atoms with E-state index < -0.39 is 11.4 Å². The molecular formula is C29H35FN6O3. The van der Waals surface area contributed by atoms with Crippen LogP contribution in [0.4, 0.5) is 20.6 Å². The number of aromatic nitrogens is 3. The van der Waals surface area contributed by atoms with Gasteiger partial charge in [-0.3, -0.25) is 4.79 Å². The molecule has 10 heteroatoms. The summed E-state index contributed by atoms with van der Waals surface area (Å²) >= 11 is 0. The van der Waals surface area contributed by atoms with E-state index in [1.165, 1.54) is 6.07 Å². The van der Waals surface area contributed by atoms with Crippen molar-refractivity contribution in [1.29, 1.82) is 0 Å². The predicted octanol–water partition coefficient (Wildman–Crippen LogP) is 5.66. The number of hydrogen-bond donors (Lipinski definition) is 2. The molecule has 1 aromatic carbocycles. The third-order valence-electron chi connectivity index (χ3n) is 7.07. The highest BCUT2D eigenvalue weighted by Crippen LogP contribution is 2.33. The lowest BCUT2D eigenvalue weighted by Gasteiger charge is -2.38. The summed E-state index contributed by atoms with van der Waals surface area (Å²) in [6.45, 7) is 10.9. The number of halogens is 1. The van der Waals surface area contributed by atoms with E-state index >= 15 is 0 Å². The van der Waals surface area contributed by atoms with Crippen molar-refractivity contribution >= 4 is 39.9 Å². The standard InChI is InChI=1S/C29H35FN6O3/c1-17-13-22-24(35-11-9-20(10-12-35)34(6)28(38)39-29(3,4)5)8-7-21(25(22)31-17)27(37)33-19-14-23(30)26-32-18(2)15-36(26)16-19/h7-8,13-16,20,31H,9-12H2,1-6H3,(H,33,37). The first-order chi connectivity index (χ1) is 18.4. The van der Waals surface area contributed by atoms with Crippen LogP contribution < -0.4 is 10.2 Å². The van der Waals surface area contributed by atoms with Gasteiger partial charge in [0, 0.05) is 61.4 Å². The van der Waals surface area contributed by atoms with Crippen molar-refractivity contribution in [3.63, 3.8) is 0 Å². The number of ether oxygens (including phenoxy) is 1. The maximum atomic E-state index is 14.5. The second-order valence-electron chi connectivity index (χ2n) is 11.3. The zero-order valence-corrected chi connectivity index (χ0v) is 23.3. The lowest BCUT2D eigenvalue weighted by atomic mass is 10.0. The van der Waals surface area contributed by atoms with Crippen LogP contribution in [0, 0.1) is 19.7 Å². The molecular weight excluding hydrogens is 499 g/mol. The van der Waals surface area contributed by atoms with Gasteiger partial charge in [0.2, 0.25) is 0 Å². The Bertz CT molecular complexity index is 1560. The second kappa shape index (κ2) is 9.91. The fraction of sp³-hybridized carbons (Fsp3) is 0.414. The fourth-order valence-corrected chi connectivity index (χ4v) is 5.23. The first kappa shape index (κ1) is 26.5. The van der Waals surface area contributed by atoms with Crippen molar-refractivity contribution < 1.29 is 18.7 Å². The lowest BCUT2D eigenvalue weighted by molar-refractivity contribution is 0.0201. The lowest BCUT2D eigenvalue weighted by Crippen LogP contribution is -2.47. The summed E-state index contributed by atoms with van der Waals surface area (Å²) in [6, 6.07) is 7.19. The average Bonchev–Trinajstić information content (AvgIpc) is 3.43. The monoisotopic (exact) mass is 534 g/mol. The minimum absolute atomic E-state index is 0.0987. The number of fused-ring (bicyclic) bond motifs is 2. The minimum Gasteiger partial charge on any atom is -0.444 e. The van der Waals surface area contributed by atoms with Crippen molar-refractivity contribution in [3.8, 4) is 0 Å². The molecule has 0 saturated carbocycles. The zero-order valence-electron chi connectivity index (χ0n) is 23.3. The van der Waals surface area contributed by atoms with E-state index in [0.717, 1.165) is 48.2 Å². The van der Waals surface area contributed by atoms with Crippen LogP contribution in [0.15, 0.2) is 36.7 Å². The van der Waals surface area contributed by atoms with Crippen LogP contribution in [0.1, 0.15) is 55.4 Å². The molecule has 4 aromatic rings. The van der Waals surface area contributed by atoms with E-state index in [4.69, 9.17) is 4.74 Å². The van der Waals surface area contributed by atoms with Gasteiger partial charge in [-0.15, -0.1) is 0 Å². The van der Waals surface area contributed by atoms with Crippen molar-refractivity contribution in [2.24, 2.45) is 0 Å². The zero-order chi connectivity index (χ0) is 28.1. The molecule has 3 aromatic heterocycles. The molecule has 1 saturated heterocycles. The number of benzene rings is 1. The maximum Gasteiger partial charge on any atom is 0.410 e. The van der Waals surface area contributed by atoms with Gasteiger partial charge in [-0.05, 0) is 65.7 Å². The number of nitrogens with zero attached hydrogens (tertiary/aromatic N) is 4. The molecule has 9 nitrogen and oxygen atoms in total. The number of pyridine rings is 1. The number of aryl methyl sites for hydroxylation is 2. The maximum absolute atomic E-state index is 14.5. The number of nitrogens with one attached hydrogen (secondary N) is 2. The Morgan fingerprint density at radius 1 is 1.15 bits per heavy atom. The number of imidazole rings is 1. The third-order valence-corrected chi connectivity index (χ3v) is 7.07. The number of rotatable bonds is 4. The number of anilines is 2. The topological polar surface area (TPSA) is 95.0 Å². The van der Waals surface area contributed by atoms with Crippen molar-refractivity contribution in [3.05, 3.63) is 59.4 Å². The molecule has 0 aliphatic carbocycles. The number of aromatic amines is 1. The second-order valence-corrected chi connectivity index (χ2v) is 11.3. The van der Waals surface area contributed by atoms with Gasteiger partial charge >= 0.3 is 6.09 Å². The quantitative estimate of drug-likeness (QED) is 0.352. The minimum atomic E-state index is -0.530. The molecule has 0 radical (unpaired) electrons. The van der Waals surface area contributed by atoms with Gasteiger partial charge in [0.25, 0.3) is 5.91 Å². The average molecular weight is 535 g/mol. The van der Waals surface area contributed by atoms with Gasteiger partial charge in [0.15, 0.2) is 11.5 Å². The summed E-state index contributed by atoms with van der Waals surface area (Å²) in [7, 11) is 1.80. The molecule has 2 amide bonds. The van der Waals surface area contributed by atoms with Gasteiger partial charge < -0.3 is 29.2 Å². The van der Waals surface area contributed by atoms with E-state index in [2.05, 4.69) is 20.2 Å². The van der Waals surface area contributed by atoms with Crippen LogP contribution in [0.25, 0.3) is 16.6 Å². The summed E-state index contributed by atoms with van der Waals surface area (Å²) in [5.41, 5.74) is 3.91. The van der Waals surface area contributed by atoms with Crippen LogP contribution in [-0.2, 0) is 4.74 Å². The van der Waals surface area contributed by atoms with Crippen molar-refractivity contribution in [2.45, 2.75) is 59.1 Å². The fourth-order valence-electron chi connectivity index (χ4n) is 5.23. The molecule has 0 spiro atoms. The Morgan fingerprint density at radius 3 is 2.56 bits per heavy atom. The van der Waals surface area contributed by atoms with E-state index in [1.54, 1.807) is 41.7 Å². The van der Waals surface area contributed by atoms with Crippen molar-refractivity contribution in [1.82, 2.24) is 19.3 Å². The molecule has 5 rings (SSSR count). The molecule has 0 bridgehead atoms. The molecule has 0 unspecified atom stereocenters. The number of carbonyl (C=O) groups is 2. The first-order valence-electron chi connectivity index (χ1n) is 13.2. The Labute approximate surface area is 226 Å². The summed E-state index contributed by atoms with van der Waals surface area (Å²) < 4.78 is 21.7. The number of H-pyrrole nitrogens is 1. The largest absolute Gasteiger partial charge is 0.444 e. The Morgan fingerprint density at radius 2 is 1.87 bits per heavy atom. The molecule has 1 aliphatic rings. The van der Waals surface area contributed by atoms with Gasteiger partial charge in [0.05, 0.1) is 22.5 Å². The normalized spacial score (nSPS) is 14.7. The van der Waals surface area contributed by atoms with Gasteiger partial charge in [-0.1, -0.05) is 0 Å². The Hall–Kier alpha value is -4.08. The van der Waals surface area contributed by atoms with Gasteiger partial charge in [-0.2, -0.15) is 0 Å². The number of amides is 2. The highest BCUT2D eigenvalue weighted by atomic mass is 19.1. The SMILES string of the molecule is Cc1cn2cc(NC(=O)c3ccc(N4CCC(N(C)C(=O)OC(C)(C)C)CC4)c4cc(C)[nH]c34)cc(F)c2n1. The molecule has 0 atom stereocenters. The van der Waals surface area contributed by atoms with Crippen LogP contribution >= 0.6 is 0 Å². The molecule has 39 heavy (non-hydrogen) atoms. The molecule has 1 aliphatic heterocycles. The van der Waals surface area contributed by atoms with E-state index in [0.29, 0.717) is 16.9 Å². The predicted molar refractivity (Wildman–Crippen MR) is 150 cm³/mol. The van der Waals surface area contributed by atoms with E-state index in [1.807, 2.05) is 39.8 Å². The van der Waals surface area contributed by atoms with Crippen LogP contribution in [-0.4, -0.2) is 63.0 Å². The van der Waals surface area contributed by atoms with Crippen LogP contribution in [0.3, 0.4) is 0 Å². The number of piperidine rings is 1. The van der Waals surface area contributed by atoms with E-state index in [-0.39, 0.29) is 23.7 Å². The van der Waals surface area contributed by atoms with E-state index in [9.17, 15) is 14.0 Å². The summed E-state index contributed by atoms with van der Waals surface area (Å²) in [5, 5.41) is 3.79. The molecule has 1 fully saturated rings. The summed E-state index contributed by atoms with van der Waals surface area (Å²) in [4.78, 5) is 37.3. The highest BCUT2D eigenvalue weighted by molar-refractivity contribution is 6.14. The Kier molecular flexibility index (Phi) is 6.74. The highest BCUT2D eigenvalue weighted by Gasteiger charge is 2.29. The van der Waals surface area contributed by atoms with Gasteiger partial charge in [-0.25, -0.2) is 14.2 Å². The van der Waals surface area contributed by atoms with Crippen molar-refractivity contribution in [2.75, 3.05) is 30.4 Å². The molecule has 2 N–H and O–H groups in total. The summed E-state index contributed by atoms with van der Waals surface area (Å²) in [6.07, 6.45) is 4.68. The van der Waals surface area contributed by atoms with Crippen LogP contribution in [0.2, 0.25) is 0 Å². The smallest absolute Gasteiger partial charge is 0.410 e. The Balaban J connectivity index is 1.34. The first-order valence-corrected chi connectivity index (χ1v) is 13.2. The number of carbonyl (C=O) groups excluding carboxylic acids is 2.